The summed E-state index contributed by atoms with van der Waals surface area (Å²) in [6, 6.07) is 16.1. The number of anilines is 2. The van der Waals surface area contributed by atoms with E-state index < -0.39 is 10.0 Å². The van der Waals surface area contributed by atoms with E-state index in [-0.39, 0.29) is 10.8 Å². The highest BCUT2D eigenvalue weighted by Crippen LogP contribution is 2.33. The molecule has 1 N–H and O–H groups in total. The first-order chi connectivity index (χ1) is 16.5. The fourth-order valence-electron chi connectivity index (χ4n) is 4.20. The Bertz CT molecular complexity index is 1530. The summed E-state index contributed by atoms with van der Waals surface area (Å²) in [5.74, 6) is 0.450. The quantitative estimate of drug-likeness (QED) is 0.335. The summed E-state index contributed by atoms with van der Waals surface area (Å²) >= 11 is 1.38. The molecule has 1 amide bonds. The molecular formula is C27H28N2O4S2. The number of sulfonamides is 1. The first-order valence-corrected chi connectivity index (χ1v) is 13.3. The number of nitrogens with zero attached hydrogens (tertiary/aromatic N) is 1. The lowest BCUT2D eigenvalue weighted by Gasteiger charge is -2.20. The lowest BCUT2D eigenvalue weighted by Crippen LogP contribution is -2.26. The zero-order valence-corrected chi connectivity index (χ0v) is 22.2. The number of nitrogens with one attached hydrogen (secondary N) is 1. The Balaban J connectivity index is 1.62. The normalized spacial score (nSPS) is 11.5. The van der Waals surface area contributed by atoms with E-state index in [1.807, 2.05) is 39.0 Å². The van der Waals surface area contributed by atoms with Gasteiger partial charge in [0.2, 0.25) is 0 Å². The molecule has 0 fully saturated rings. The molecule has 0 saturated heterocycles. The Morgan fingerprint density at radius 1 is 0.914 bits per heavy atom. The van der Waals surface area contributed by atoms with Crippen molar-refractivity contribution in [2.24, 2.45) is 0 Å². The molecule has 4 rings (SSSR count). The van der Waals surface area contributed by atoms with Crippen molar-refractivity contribution in [2.45, 2.75) is 32.6 Å². The van der Waals surface area contributed by atoms with Crippen LogP contribution in [0.2, 0.25) is 0 Å². The lowest BCUT2D eigenvalue weighted by atomic mass is 10.1. The number of aryl methyl sites for hydroxylation is 4. The molecule has 0 radical (unpaired) electrons. The van der Waals surface area contributed by atoms with Crippen LogP contribution in [0, 0.1) is 27.7 Å². The first kappa shape index (κ1) is 24.8. The number of methoxy groups -OCH3 is 1. The van der Waals surface area contributed by atoms with E-state index in [0.717, 1.165) is 38.0 Å². The van der Waals surface area contributed by atoms with Crippen LogP contribution in [-0.4, -0.2) is 28.5 Å². The fraction of sp³-hybridized carbons (Fsp3) is 0.222. The molecule has 0 aliphatic heterocycles. The predicted octanol–water partition coefficient (Wildman–Crippen LogP) is 6.22. The van der Waals surface area contributed by atoms with E-state index in [0.29, 0.717) is 16.3 Å². The highest BCUT2D eigenvalue weighted by atomic mass is 32.2. The van der Waals surface area contributed by atoms with Crippen LogP contribution in [-0.2, 0) is 10.0 Å². The fourth-order valence-corrected chi connectivity index (χ4v) is 6.41. The average molecular weight is 509 g/mol. The van der Waals surface area contributed by atoms with E-state index >= 15 is 0 Å². The van der Waals surface area contributed by atoms with Gasteiger partial charge < -0.3 is 10.1 Å². The van der Waals surface area contributed by atoms with Crippen molar-refractivity contribution >= 4 is 48.7 Å². The van der Waals surface area contributed by atoms with Crippen LogP contribution in [0.4, 0.5) is 11.4 Å². The highest BCUT2D eigenvalue weighted by Gasteiger charge is 2.23. The third-order valence-electron chi connectivity index (χ3n) is 6.03. The maximum Gasteiger partial charge on any atom is 0.265 e. The van der Waals surface area contributed by atoms with Crippen LogP contribution in [0.5, 0.6) is 5.75 Å². The molecule has 0 spiro atoms. The van der Waals surface area contributed by atoms with Crippen molar-refractivity contribution in [1.29, 1.82) is 0 Å². The second-order valence-electron chi connectivity index (χ2n) is 8.66. The molecule has 1 aromatic heterocycles. The van der Waals surface area contributed by atoms with Gasteiger partial charge in [-0.2, -0.15) is 0 Å². The van der Waals surface area contributed by atoms with Gasteiger partial charge in [0.1, 0.15) is 5.75 Å². The van der Waals surface area contributed by atoms with Gasteiger partial charge in [-0.3, -0.25) is 9.10 Å². The van der Waals surface area contributed by atoms with Crippen molar-refractivity contribution in [3.8, 4) is 5.75 Å². The molecule has 35 heavy (non-hydrogen) atoms. The number of fused-ring (bicyclic) bond motifs is 1. The van der Waals surface area contributed by atoms with Gasteiger partial charge in [-0.25, -0.2) is 8.42 Å². The molecule has 4 aromatic rings. The van der Waals surface area contributed by atoms with Crippen LogP contribution < -0.4 is 14.4 Å². The van der Waals surface area contributed by atoms with Gasteiger partial charge in [-0.1, -0.05) is 17.7 Å². The summed E-state index contributed by atoms with van der Waals surface area (Å²) in [7, 11) is -0.691. The van der Waals surface area contributed by atoms with Gasteiger partial charge in [-0.05, 0) is 92.2 Å². The largest absolute Gasteiger partial charge is 0.496 e. The minimum atomic E-state index is -3.77. The summed E-state index contributed by atoms with van der Waals surface area (Å²) in [6.45, 7) is 7.80. The predicted molar refractivity (Wildman–Crippen MR) is 144 cm³/mol. The summed E-state index contributed by atoms with van der Waals surface area (Å²) in [4.78, 5) is 13.8. The number of thiophene rings is 1. The standard InChI is InChI=1S/C27H28N2O4S2/c1-16-11-18(3)26(19(4)12-16)28-27(30)25-15-20-14-21(7-10-24(20)34-25)29(5)35(31,32)22-8-9-23(33-6)17(2)13-22/h7-15H,1-6H3,(H,28,30). The Morgan fingerprint density at radius 2 is 1.60 bits per heavy atom. The van der Waals surface area contributed by atoms with Crippen molar-refractivity contribution in [2.75, 3.05) is 23.8 Å². The molecule has 0 unspecified atom stereocenters. The Labute approximate surface area is 210 Å². The Hall–Kier alpha value is -3.36. The van der Waals surface area contributed by atoms with Crippen molar-refractivity contribution in [1.82, 2.24) is 0 Å². The van der Waals surface area contributed by atoms with E-state index in [9.17, 15) is 13.2 Å². The Morgan fingerprint density at radius 3 is 2.23 bits per heavy atom. The van der Waals surface area contributed by atoms with Crippen LogP contribution in [0.3, 0.4) is 0 Å². The van der Waals surface area contributed by atoms with Gasteiger partial charge >= 0.3 is 0 Å². The topological polar surface area (TPSA) is 75.7 Å². The summed E-state index contributed by atoms with van der Waals surface area (Å²) in [5, 5.41) is 3.84. The number of amides is 1. The SMILES string of the molecule is COc1ccc(S(=O)(=O)N(C)c2ccc3sc(C(=O)Nc4c(C)cc(C)cc4C)cc3c2)cc1C. The maximum absolute atomic E-state index is 13.2. The van der Waals surface area contributed by atoms with Gasteiger partial charge in [0.05, 0.1) is 22.6 Å². The smallest absolute Gasteiger partial charge is 0.265 e. The summed E-state index contributed by atoms with van der Waals surface area (Å²) in [5.41, 5.74) is 5.25. The average Bonchev–Trinajstić information content (AvgIpc) is 3.24. The van der Waals surface area contributed by atoms with Crippen LogP contribution in [0.25, 0.3) is 10.1 Å². The van der Waals surface area contributed by atoms with E-state index in [1.54, 1.807) is 44.4 Å². The summed E-state index contributed by atoms with van der Waals surface area (Å²) in [6.07, 6.45) is 0. The molecule has 0 bridgehead atoms. The molecule has 3 aromatic carbocycles. The number of benzene rings is 3. The number of hydrogen-bond donors (Lipinski definition) is 1. The number of ether oxygens (including phenoxy) is 1. The lowest BCUT2D eigenvalue weighted by molar-refractivity contribution is 0.103. The van der Waals surface area contributed by atoms with E-state index in [4.69, 9.17) is 4.74 Å². The molecule has 0 aliphatic rings. The van der Waals surface area contributed by atoms with Crippen molar-refractivity contribution in [3.05, 3.63) is 81.7 Å². The minimum absolute atomic E-state index is 0.183. The van der Waals surface area contributed by atoms with Crippen molar-refractivity contribution < 1.29 is 17.9 Å². The number of rotatable bonds is 6. The second kappa shape index (κ2) is 9.36. The number of carbonyl (C=O) groups excluding carboxylic acids is 1. The minimum Gasteiger partial charge on any atom is -0.496 e. The van der Waals surface area contributed by atoms with Crippen molar-refractivity contribution in [3.63, 3.8) is 0 Å². The summed E-state index contributed by atoms with van der Waals surface area (Å²) < 4.78 is 33.9. The zero-order valence-electron chi connectivity index (χ0n) is 20.6. The highest BCUT2D eigenvalue weighted by molar-refractivity contribution is 7.92. The molecule has 1 heterocycles. The maximum atomic E-state index is 13.2. The van der Waals surface area contributed by atoms with E-state index in [1.165, 1.54) is 28.8 Å². The zero-order chi connectivity index (χ0) is 25.5. The van der Waals surface area contributed by atoms with Crippen LogP contribution in [0.1, 0.15) is 31.9 Å². The molecule has 6 nitrogen and oxygen atoms in total. The second-order valence-corrected chi connectivity index (χ2v) is 11.7. The monoisotopic (exact) mass is 508 g/mol. The van der Waals surface area contributed by atoms with Gasteiger partial charge in [0.15, 0.2) is 0 Å². The van der Waals surface area contributed by atoms with Crippen LogP contribution in [0.15, 0.2) is 59.5 Å². The third-order valence-corrected chi connectivity index (χ3v) is 8.92. The number of hydrogen-bond acceptors (Lipinski definition) is 5. The molecule has 8 heteroatoms. The molecule has 182 valence electrons. The Kier molecular flexibility index (Phi) is 6.62. The van der Waals surface area contributed by atoms with Gasteiger partial charge in [0, 0.05) is 17.4 Å². The third kappa shape index (κ3) is 4.76. The first-order valence-electron chi connectivity index (χ1n) is 11.1. The van der Waals surface area contributed by atoms with Gasteiger partial charge in [0.25, 0.3) is 15.9 Å². The van der Waals surface area contributed by atoms with Crippen LogP contribution >= 0.6 is 11.3 Å². The molecule has 0 saturated carbocycles. The molecular weight excluding hydrogens is 480 g/mol. The van der Waals surface area contributed by atoms with Gasteiger partial charge in [-0.15, -0.1) is 11.3 Å². The van der Waals surface area contributed by atoms with E-state index in [2.05, 4.69) is 5.32 Å². The molecule has 0 aliphatic carbocycles. The number of carbonyl (C=O) groups is 1. The molecule has 0 atom stereocenters.